The van der Waals surface area contributed by atoms with E-state index in [1.807, 2.05) is 24.3 Å². The highest BCUT2D eigenvalue weighted by molar-refractivity contribution is 5.97. The van der Waals surface area contributed by atoms with E-state index in [4.69, 9.17) is 0 Å². The van der Waals surface area contributed by atoms with Gasteiger partial charge in [0.2, 0.25) is 0 Å². The van der Waals surface area contributed by atoms with E-state index in [0.29, 0.717) is 41.6 Å². The van der Waals surface area contributed by atoms with Gasteiger partial charge in [-0.3, -0.25) is 4.79 Å². The van der Waals surface area contributed by atoms with Crippen LogP contribution in [0.5, 0.6) is 0 Å². The lowest BCUT2D eigenvalue weighted by Gasteiger charge is -2.57. The Hall–Kier alpha value is -3.43. The largest absolute Gasteiger partial charge is 0.417 e. The molecule has 4 nitrogen and oxygen atoms in total. The number of carbonyl (C=O) groups is 1. The minimum atomic E-state index is -5.04. The molecule has 39 heavy (non-hydrogen) atoms. The number of carbonyl (C=O) groups excluding carboxylic acids is 1. The first kappa shape index (κ1) is 25.8. The van der Waals surface area contributed by atoms with Crippen LogP contribution in [0, 0.1) is 17.8 Å². The molecular weight excluding hydrogens is 520 g/mol. The lowest BCUT2D eigenvalue weighted by atomic mass is 9.48. The molecule has 0 radical (unpaired) electrons. The third kappa shape index (κ3) is 4.78. The quantitative estimate of drug-likeness (QED) is 0.210. The summed E-state index contributed by atoms with van der Waals surface area (Å²) in [5.41, 5.74) is 0.503. The fourth-order valence-corrected chi connectivity index (χ4v) is 7.48. The van der Waals surface area contributed by atoms with Crippen LogP contribution in [-0.2, 0) is 17.8 Å². The topological polar surface area (TPSA) is 54.4 Å². The molecule has 7 rings (SSSR count). The van der Waals surface area contributed by atoms with Crippen molar-refractivity contribution in [1.29, 1.82) is 0 Å². The van der Waals surface area contributed by atoms with E-state index < -0.39 is 35.0 Å². The first-order valence-corrected chi connectivity index (χ1v) is 12.9. The second kappa shape index (κ2) is 9.06. The number of halogens is 6. The van der Waals surface area contributed by atoms with Gasteiger partial charge in [0.15, 0.2) is 0 Å². The van der Waals surface area contributed by atoms with Gasteiger partial charge in [0.25, 0.3) is 5.91 Å². The van der Waals surface area contributed by atoms with E-state index in [9.17, 15) is 31.1 Å². The molecule has 0 spiro atoms. The van der Waals surface area contributed by atoms with Gasteiger partial charge in [0.05, 0.1) is 22.9 Å². The molecule has 4 aliphatic rings. The summed E-state index contributed by atoms with van der Waals surface area (Å²) < 4.78 is 79.2. The number of nitrogens with one attached hydrogen (secondary N) is 1. The second-order valence-electron chi connectivity index (χ2n) is 11.3. The van der Waals surface area contributed by atoms with E-state index in [1.165, 1.54) is 19.3 Å². The van der Waals surface area contributed by atoms with Gasteiger partial charge in [-0.2, -0.15) is 31.4 Å². The normalized spacial score (nSPS) is 26.5. The van der Waals surface area contributed by atoms with Gasteiger partial charge in [-0.1, -0.05) is 24.3 Å². The Morgan fingerprint density at radius 1 is 0.897 bits per heavy atom. The molecule has 2 aromatic carbocycles. The van der Waals surface area contributed by atoms with Crippen LogP contribution in [0.3, 0.4) is 0 Å². The Labute approximate surface area is 220 Å². The van der Waals surface area contributed by atoms with Crippen molar-refractivity contribution in [2.24, 2.45) is 22.9 Å². The summed E-state index contributed by atoms with van der Waals surface area (Å²) in [6, 6.07) is 10.7. The molecule has 4 bridgehead atoms. The van der Waals surface area contributed by atoms with Gasteiger partial charge in [-0.15, -0.1) is 0 Å². The molecule has 4 fully saturated rings. The van der Waals surface area contributed by atoms with Crippen LogP contribution in [0.25, 0.3) is 10.9 Å². The Morgan fingerprint density at radius 2 is 1.54 bits per heavy atom. The molecule has 1 aromatic heterocycles. The van der Waals surface area contributed by atoms with Crippen molar-refractivity contribution >= 4 is 23.0 Å². The number of nitrogens with zero attached hydrogens (tertiary/aromatic N) is 2. The molecule has 0 aliphatic heterocycles. The highest BCUT2D eigenvalue weighted by Gasteiger charge is 2.52. The molecule has 0 atom stereocenters. The van der Waals surface area contributed by atoms with E-state index in [-0.39, 0.29) is 17.2 Å². The molecule has 0 saturated heterocycles. The molecule has 3 aromatic rings. The number of amides is 1. The molecule has 1 heterocycles. The summed E-state index contributed by atoms with van der Waals surface area (Å²) in [6.45, 7) is 0. The standard InChI is InChI=1S/C29H25F6N3O/c30-28(31,32)20-6-5-19(22(10-20)29(33,34)35)15-36-38-26(39)25-11-23(21-3-1-2-4-24(21)37-25)27-12-16-7-17(13-27)9-18(8-16)14-27/h1-6,10-11,15-18H,7-9,12-14H2,(H,38,39)/b36-15+. The highest BCUT2D eigenvalue weighted by atomic mass is 19.4. The molecular formula is C29H25F6N3O. The van der Waals surface area contributed by atoms with Gasteiger partial charge in [0.1, 0.15) is 5.69 Å². The van der Waals surface area contributed by atoms with Crippen molar-refractivity contribution < 1.29 is 31.1 Å². The number of alkyl halides is 6. The SMILES string of the molecule is O=C(N/N=C/c1ccc(C(F)(F)F)cc1C(F)(F)F)c1cc(C23CC4CC(CC(C4)C2)C3)c2ccccc2n1. The molecule has 1 N–H and O–H groups in total. The van der Waals surface area contributed by atoms with Gasteiger partial charge >= 0.3 is 12.4 Å². The van der Waals surface area contributed by atoms with Crippen LogP contribution in [0.4, 0.5) is 26.3 Å². The molecule has 10 heteroatoms. The summed E-state index contributed by atoms with van der Waals surface area (Å²) in [4.78, 5) is 17.6. The molecule has 4 aliphatic carbocycles. The average molecular weight is 546 g/mol. The predicted octanol–water partition coefficient (Wildman–Crippen LogP) is 7.50. The smallest absolute Gasteiger partial charge is 0.266 e. The minimum absolute atomic E-state index is 0.0303. The lowest BCUT2D eigenvalue weighted by Crippen LogP contribution is -2.48. The number of hydrazone groups is 1. The average Bonchev–Trinajstić information content (AvgIpc) is 2.86. The second-order valence-corrected chi connectivity index (χ2v) is 11.3. The fraction of sp³-hybridized carbons (Fsp3) is 0.414. The summed E-state index contributed by atoms with van der Waals surface area (Å²) in [7, 11) is 0. The summed E-state index contributed by atoms with van der Waals surface area (Å²) in [5.74, 6) is 1.33. The zero-order valence-corrected chi connectivity index (χ0v) is 20.7. The van der Waals surface area contributed by atoms with Crippen molar-refractivity contribution in [2.75, 3.05) is 0 Å². The predicted molar refractivity (Wildman–Crippen MR) is 133 cm³/mol. The maximum Gasteiger partial charge on any atom is 0.417 e. The number of benzene rings is 2. The maximum absolute atomic E-state index is 13.4. The number of hydrogen-bond donors (Lipinski definition) is 1. The van der Waals surface area contributed by atoms with E-state index in [1.54, 1.807) is 6.07 Å². The maximum atomic E-state index is 13.4. The number of rotatable bonds is 4. The van der Waals surface area contributed by atoms with Crippen LogP contribution in [0.15, 0.2) is 53.6 Å². The number of hydrogen-bond acceptors (Lipinski definition) is 3. The van der Waals surface area contributed by atoms with Crippen molar-refractivity contribution in [2.45, 2.75) is 56.3 Å². The Bertz CT molecular complexity index is 1440. The molecule has 4 saturated carbocycles. The number of fused-ring (bicyclic) bond motifs is 1. The van der Waals surface area contributed by atoms with Crippen molar-refractivity contribution in [3.63, 3.8) is 0 Å². The number of aromatic nitrogens is 1. The van der Waals surface area contributed by atoms with Crippen LogP contribution >= 0.6 is 0 Å². The van der Waals surface area contributed by atoms with Crippen LogP contribution in [0.1, 0.15) is 71.3 Å². The van der Waals surface area contributed by atoms with Gasteiger partial charge in [-0.05, 0) is 91.5 Å². The third-order valence-corrected chi connectivity index (χ3v) is 8.61. The summed E-state index contributed by atoms with van der Waals surface area (Å²) in [6.07, 6.45) is -2.29. The third-order valence-electron chi connectivity index (χ3n) is 8.61. The van der Waals surface area contributed by atoms with Crippen molar-refractivity contribution in [3.8, 4) is 0 Å². The van der Waals surface area contributed by atoms with E-state index in [0.717, 1.165) is 30.2 Å². The van der Waals surface area contributed by atoms with E-state index in [2.05, 4.69) is 15.5 Å². The van der Waals surface area contributed by atoms with Gasteiger partial charge < -0.3 is 0 Å². The Morgan fingerprint density at radius 3 is 2.15 bits per heavy atom. The summed E-state index contributed by atoms with van der Waals surface area (Å²) in [5, 5.41) is 4.64. The molecule has 204 valence electrons. The van der Waals surface area contributed by atoms with Gasteiger partial charge in [0, 0.05) is 10.9 Å². The monoisotopic (exact) mass is 545 g/mol. The Kier molecular flexibility index (Phi) is 6.00. The molecule has 1 amide bonds. The zero-order valence-electron chi connectivity index (χ0n) is 20.7. The fourth-order valence-electron chi connectivity index (χ4n) is 7.48. The number of pyridine rings is 1. The number of para-hydroxylation sites is 1. The van der Waals surface area contributed by atoms with E-state index >= 15 is 0 Å². The van der Waals surface area contributed by atoms with Crippen LogP contribution < -0.4 is 5.43 Å². The van der Waals surface area contributed by atoms with Crippen LogP contribution in [-0.4, -0.2) is 17.1 Å². The highest BCUT2D eigenvalue weighted by Crippen LogP contribution is 2.61. The van der Waals surface area contributed by atoms with Crippen molar-refractivity contribution in [3.05, 3.63) is 76.5 Å². The van der Waals surface area contributed by atoms with Crippen molar-refractivity contribution in [1.82, 2.24) is 10.4 Å². The first-order valence-electron chi connectivity index (χ1n) is 12.9. The van der Waals surface area contributed by atoms with Crippen LogP contribution in [0.2, 0.25) is 0 Å². The van der Waals surface area contributed by atoms with Gasteiger partial charge in [-0.25, -0.2) is 10.4 Å². The molecule has 0 unspecified atom stereocenters. The summed E-state index contributed by atoms with van der Waals surface area (Å²) >= 11 is 0. The Balaban J connectivity index is 1.30. The zero-order chi connectivity index (χ0) is 27.6. The lowest BCUT2D eigenvalue weighted by molar-refractivity contribution is -0.143. The minimum Gasteiger partial charge on any atom is -0.266 e. The first-order chi connectivity index (χ1) is 18.4.